The third kappa shape index (κ3) is 7.91. The van der Waals surface area contributed by atoms with Crippen molar-refractivity contribution < 1.29 is 36.8 Å². The molecule has 0 aliphatic heterocycles. The molecule has 0 aliphatic carbocycles. The van der Waals surface area contributed by atoms with E-state index >= 15 is 0 Å². The van der Waals surface area contributed by atoms with Gasteiger partial charge in [-0.15, -0.1) is 0 Å². The summed E-state index contributed by atoms with van der Waals surface area (Å²) >= 11 is 0. The number of hydrogen-bond acceptors (Lipinski definition) is 8. The van der Waals surface area contributed by atoms with Gasteiger partial charge in [0.1, 0.15) is 5.75 Å². The first-order chi connectivity index (χ1) is 12.2. The number of carbonyl (C=O) groups is 2. The van der Waals surface area contributed by atoms with E-state index in [1.54, 1.807) is 12.1 Å². The van der Waals surface area contributed by atoms with Gasteiger partial charge in [-0.3, -0.25) is 13.8 Å². The first-order valence-corrected chi connectivity index (χ1v) is 9.30. The Labute approximate surface area is 152 Å². The number of aliphatic hydroxyl groups excluding tert-OH is 1. The van der Waals surface area contributed by atoms with Crippen LogP contribution in [0.3, 0.4) is 0 Å². The Morgan fingerprint density at radius 2 is 1.81 bits per heavy atom. The van der Waals surface area contributed by atoms with Gasteiger partial charge in [0.05, 0.1) is 25.3 Å². The van der Waals surface area contributed by atoms with Gasteiger partial charge < -0.3 is 19.9 Å². The highest BCUT2D eigenvalue weighted by Gasteiger charge is 2.20. The van der Waals surface area contributed by atoms with Crippen LogP contribution in [-0.4, -0.2) is 57.7 Å². The molecule has 1 aromatic carbocycles. The summed E-state index contributed by atoms with van der Waals surface area (Å²) in [4.78, 5) is 22.9. The number of aliphatic hydroxyl groups is 1. The molecule has 2 atom stereocenters. The van der Waals surface area contributed by atoms with E-state index in [-0.39, 0.29) is 18.1 Å². The molecule has 0 aliphatic rings. The molecule has 0 radical (unpaired) electrons. The van der Waals surface area contributed by atoms with E-state index in [4.69, 9.17) is 9.47 Å². The number of methoxy groups -OCH3 is 1. The predicted molar refractivity (Wildman–Crippen MR) is 91.8 cm³/mol. The summed E-state index contributed by atoms with van der Waals surface area (Å²) in [6.45, 7) is 1.34. The summed E-state index contributed by atoms with van der Waals surface area (Å²) in [7, 11) is -1.37. The van der Waals surface area contributed by atoms with Gasteiger partial charge in [0.2, 0.25) is 5.91 Å². The molecule has 0 spiro atoms. The highest BCUT2D eigenvalue weighted by Crippen LogP contribution is 2.15. The topological polar surface area (TPSA) is 128 Å². The van der Waals surface area contributed by atoms with Crippen molar-refractivity contribution in [1.29, 1.82) is 0 Å². The second kappa shape index (κ2) is 10.2. The molecule has 0 heterocycles. The molecule has 1 rings (SSSR count). The normalized spacial score (nSPS) is 13.7. The molecule has 0 saturated carbocycles. The van der Waals surface area contributed by atoms with Crippen LogP contribution in [0.4, 0.5) is 0 Å². The Kier molecular flexibility index (Phi) is 8.66. The van der Waals surface area contributed by atoms with Crippen molar-refractivity contribution in [3.05, 3.63) is 29.8 Å². The molecule has 10 heteroatoms. The molecular formula is C16H23NO8S. The molecule has 0 aromatic heterocycles. The van der Waals surface area contributed by atoms with E-state index in [1.165, 1.54) is 26.2 Å². The fourth-order valence-corrected chi connectivity index (χ4v) is 2.65. The average molecular weight is 389 g/mol. The van der Waals surface area contributed by atoms with E-state index in [9.17, 15) is 23.1 Å². The fraction of sp³-hybridized carbons (Fsp3) is 0.500. The van der Waals surface area contributed by atoms with Crippen molar-refractivity contribution in [2.45, 2.75) is 32.1 Å². The van der Waals surface area contributed by atoms with E-state index < -0.39 is 34.2 Å². The largest absolute Gasteiger partial charge is 0.427 e. The number of nitrogens with one attached hydrogen (secondary N) is 1. The number of carbonyl (C=O) groups excluding carboxylic acids is 2. The smallest absolute Gasteiger partial charge is 0.312 e. The van der Waals surface area contributed by atoms with E-state index in [0.717, 1.165) is 12.7 Å². The van der Waals surface area contributed by atoms with Crippen LogP contribution in [0.15, 0.2) is 24.3 Å². The highest BCUT2D eigenvalue weighted by atomic mass is 32.2. The third-order valence-corrected chi connectivity index (χ3v) is 4.61. The highest BCUT2D eigenvalue weighted by molar-refractivity contribution is 7.86. The van der Waals surface area contributed by atoms with Crippen LogP contribution >= 0.6 is 0 Å². The summed E-state index contributed by atoms with van der Waals surface area (Å²) in [5, 5.41) is 12.4. The van der Waals surface area contributed by atoms with E-state index in [1.807, 2.05) is 0 Å². The first kappa shape index (κ1) is 22.0. The molecule has 1 amide bonds. The van der Waals surface area contributed by atoms with Gasteiger partial charge in [-0.1, -0.05) is 12.1 Å². The Morgan fingerprint density at radius 1 is 1.19 bits per heavy atom. The zero-order chi connectivity index (χ0) is 19.7. The molecule has 0 saturated heterocycles. The quantitative estimate of drug-likeness (QED) is 0.247. The Morgan fingerprint density at radius 3 is 2.31 bits per heavy atom. The maximum absolute atomic E-state index is 11.6. The third-order valence-electron chi connectivity index (χ3n) is 3.40. The SMILES string of the molecule is COC(O)C(Cc1ccc(OC(=O)CCS(=O)(=O)OC)cc1)NC(C)=O. The lowest BCUT2D eigenvalue weighted by atomic mass is 10.1. The molecule has 146 valence electrons. The maximum atomic E-state index is 11.6. The van der Waals surface area contributed by atoms with Crippen LogP contribution in [0.1, 0.15) is 18.9 Å². The van der Waals surface area contributed by atoms with Gasteiger partial charge in [0.15, 0.2) is 6.29 Å². The maximum Gasteiger partial charge on any atom is 0.312 e. The van der Waals surface area contributed by atoms with Crippen molar-refractivity contribution in [1.82, 2.24) is 5.32 Å². The first-order valence-electron chi connectivity index (χ1n) is 7.72. The second-order valence-electron chi connectivity index (χ2n) is 5.43. The Bertz CT molecular complexity index is 701. The van der Waals surface area contributed by atoms with Gasteiger partial charge in [-0.05, 0) is 24.1 Å². The van der Waals surface area contributed by atoms with Crippen molar-refractivity contribution in [3.8, 4) is 5.75 Å². The molecular weight excluding hydrogens is 366 g/mol. The van der Waals surface area contributed by atoms with Crippen LogP contribution in [0.5, 0.6) is 5.75 Å². The van der Waals surface area contributed by atoms with Crippen LogP contribution in [-0.2, 0) is 35.0 Å². The molecule has 2 N–H and O–H groups in total. The Hall–Kier alpha value is -2.01. The second-order valence-corrected chi connectivity index (χ2v) is 7.29. The summed E-state index contributed by atoms with van der Waals surface area (Å²) in [5.74, 6) is -1.22. The molecule has 0 bridgehead atoms. The van der Waals surface area contributed by atoms with Crippen molar-refractivity contribution in [2.75, 3.05) is 20.0 Å². The molecule has 2 unspecified atom stereocenters. The van der Waals surface area contributed by atoms with Crippen LogP contribution in [0, 0.1) is 0 Å². The van der Waals surface area contributed by atoms with Gasteiger partial charge in [-0.25, -0.2) is 0 Å². The number of benzene rings is 1. The molecule has 9 nitrogen and oxygen atoms in total. The minimum Gasteiger partial charge on any atom is -0.427 e. The number of ether oxygens (including phenoxy) is 2. The lowest BCUT2D eigenvalue weighted by molar-refractivity contribution is -0.134. The molecule has 26 heavy (non-hydrogen) atoms. The number of rotatable bonds is 10. The number of esters is 1. The zero-order valence-corrected chi connectivity index (χ0v) is 15.6. The van der Waals surface area contributed by atoms with Gasteiger partial charge in [0.25, 0.3) is 10.1 Å². The summed E-state index contributed by atoms with van der Waals surface area (Å²) in [6, 6.07) is 5.74. The Balaban J connectivity index is 2.64. The van der Waals surface area contributed by atoms with E-state index in [0.29, 0.717) is 6.42 Å². The molecule has 1 aromatic rings. The van der Waals surface area contributed by atoms with Crippen molar-refractivity contribution >= 4 is 22.0 Å². The predicted octanol–water partition coefficient (Wildman–Crippen LogP) is -0.0297. The lowest BCUT2D eigenvalue weighted by Crippen LogP contribution is -2.44. The van der Waals surface area contributed by atoms with Gasteiger partial charge in [-0.2, -0.15) is 8.42 Å². The summed E-state index contributed by atoms with van der Waals surface area (Å²) in [6.07, 6.45) is -1.20. The number of amides is 1. The standard InChI is InChI=1S/C16H23NO8S/c1-11(18)17-14(16(20)23-2)10-12-4-6-13(7-5-12)25-15(19)8-9-26(21,22)24-3/h4-7,14,16,20H,8-10H2,1-3H3,(H,17,18). The van der Waals surface area contributed by atoms with Gasteiger partial charge >= 0.3 is 5.97 Å². The van der Waals surface area contributed by atoms with Crippen LogP contribution in [0.25, 0.3) is 0 Å². The average Bonchev–Trinajstić information content (AvgIpc) is 2.60. The van der Waals surface area contributed by atoms with E-state index in [2.05, 4.69) is 9.50 Å². The number of hydrogen-bond donors (Lipinski definition) is 2. The molecule has 0 fully saturated rings. The monoisotopic (exact) mass is 389 g/mol. The lowest BCUT2D eigenvalue weighted by Gasteiger charge is -2.22. The minimum absolute atomic E-state index is 0.247. The summed E-state index contributed by atoms with van der Waals surface area (Å²) < 4.78 is 36.5. The van der Waals surface area contributed by atoms with Crippen molar-refractivity contribution in [2.24, 2.45) is 0 Å². The zero-order valence-electron chi connectivity index (χ0n) is 14.8. The fourth-order valence-electron chi connectivity index (χ4n) is 2.07. The van der Waals surface area contributed by atoms with Crippen LogP contribution < -0.4 is 10.1 Å². The minimum atomic E-state index is -3.72. The summed E-state index contributed by atoms with van der Waals surface area (Å²) in [5.41, 5.74) is 0.765. The van der Waals surface area contributed by atoms with Gasteiger partial charge in [0, 0.05) is 14.0 Å². The van der Waals surface area contributed by atoms with Crippen LogP contribution in [0.2, 0.25) is 0 Å². The van der Waals surface area contributed by atoms with Crippen molar-refractivity contribution in [3.63, 3.8) is 0 Å².